The average Bonchev–Trinajstić information content (AvgIpc) is 2.68. The molecule has 154 valence electrons. The van der Waals surface area contributed by atoms with Crippen molar-refractivity contribution < 1.29 is 9.59 Å². The fraction of sp³-hybridized carbons (Fsp3) is 0.391. The first-order chi connectivity index (χ1) is 13.9. The first kappa shape index (κ1) is 21.0. The molecular formula is C23H30N4O2. The van der Waals surface area contributed by atoms with Crippen LogP contribution in [0.3, 0.4) is 0 Å². The maximum atomic E-state index is 12.4. The summed E-state index contributed by atoms with van der Waals surface area (Å²) in [6.45, 7) is 9.84. The Bertz CT molecular complexity index is 853. The van der Waals surface area contributed by atoms with Crippen LogP contribution in [0.5, 0.6) is 0 Å². The van der Waals surface area contributed by atoms with Crippen LogP contribution < -0.4 is 10.6 Å². The van der Waals surface area contributed by atoms with Gasteiger partial charge in [-0.3, -0.25) is 19.4 Å². The van der Waals surface area contributed by atoms with Gasteiger partial charge in [-0.05, 0) is 43.5 Å². The summed E-state index contributed by atoms with van der Waals surface area (Å²) in [7, 11) is 0. The summed E-state index contributed by atoms with van der Waals surface area (Å²) >= 11 is 0. The van der Waals surface area contributed by atoms with Crippen LogP contribution in [0.4, 0.5) is 11.4 Å². The van der Waals surface area contributed by atoms with E-state index in [0.717, 1.165) is 54.2 Å². The van der Waals surface area contributed by atoms with Gasteiger partial charge in [0.05, 0.1) is 13.1 Å². The molecular weight excluding hydrogens is 364 g/mol. The van der Waals surface area contributed by atoms with Crippen molar-refractivity contribution in [3.8, 4) is 0 Å². The molecule has 0 saturated carbocycles. The Balaban J connectivity index is 1.42. The molecule has 29 heavy (non-hydrogen) atoms. The van der Waals surface area contributed by atoms with Crippen LogP contribution in [-0.4, -0.2) is 60.9 Å². The molecule has 0 aromatic heterocycles. The summed E-state index contributed by atoms with van der Waals surface area (Å²) < 4.78 is 0. The van der Waals surface area contributed by atoms with Crippen LogP contribution >= 0.6 is 0 Å². The van der Waals surface area contributed by atoms with Crippen molar-refractivity contribution in [2.75, 3.05) is 49.9 Å². The lowest BCUT2D eigenvalue weighted by Crippen LogP contribution is -2.50. The zero-order valence-corrected chi connectivity index (χ0v) is 17.5. The molecule has 3 rings (SSSR count). The molecule has 1 saturated heterocycles. The van der Waals surface area contributed by atoms with Crippen LogP contribution in [0.1, 0.15) is 16.7 Å². The van der Waals surface area contributed by atoms with Crippen molar-refractivity contribution in [1.82, 2.24) is 9.80 Å². The number of benzene rings is 2. The van der Waals surface area contributed by atoms with Gasteiger partial charge in [0.2, 0.25) is 11.8 Å². The largest absolute Gasteiger partial charge is 0.325 e. The number of nitrogens with one attached hydrogen (secondary N) is 2. The molecule has 6 nitrogen and oxygen atoms in total. The molecule has 2 N–H and O–H groups in total. The number of rotatable bonds is 6. The molecule has 1 aliphatic rings. The van der Waals surface area contributed by atoms with Gasteiger partial charge in [-0.25, -0.2) is 0 Å². The van der Waals surface area contributed by atoms with E-state index in [1.165, 1.54) is 0 Å². The molecule has 0 atom stereocenters. The summed E-state index contributed by atoms with van der Waals surface area (Å²) in [5, 5.41) is 6.02. The fourth-order valence-corrected chi connectivity index (χ4v) is 3.61. The van der Waals surface area contributed by atoms with Gasteiger partial charge in [-0.1, -0.05) is 36.4 Å². The normalized spacial score (nSPS) is 15.1. The second-order valence-electron chi connectivity index (χ2n) is 7.73. The molecule has 1 heterocycles. The third-order valence-corrected chi connectivity index (χ3v) is 5.36. The van der Waals surface area contributed by atoms with E-state index in [1.54, 1.807) is 0 Å². The maximum Gasteiger partial charge on any atom is 0.238 e. The van der Waals surface area contributed by atoms with Crippen molar-refractivity contribution in [2.24, 2.45) is 0 Å². The molecule has 2 amide bonds. The van der Waals surface area contributed by atoms with E-state index in [1.807, 2.05) is 63.2 Å². The van der Waals surface area contributed by atoms with E-state index in [-0.39, 0.29) is 11.8 Å². The monoisotopic (exact) mass is 394 g/mol. The van der Waals surface area contributed by atoms with E-state index in [2.05, 4.69) is 20.4 Å². The first-order valence-corrected chi connectivity index (χ1v) is 10.1. The summed E-state index contributed by atoms with van der Waals surface area (Å²) in [5.74, 6) is 0.00802. The van der Waals surface area contributed by atoms with Gasteiger partial charge >= 0.3 is 0 Å². The van der Waals surface area contributed by atoms with Gasteiger partial charge in [0.15, 0.2) is 0 Å². The molecule has 1 fully saturated rings. The lowest BCUT2D eigenvalue weighted by molar-refractivity contribution is -0.120. The minimum atomic E-state index is 0.000482. The molecule has 6 heteroatoms. The van der Waals surface area contributed by atoms with E-state index >= 15 is 0 Å². The summed E-state index contributed by atoms with van der Waals surface area (Å²) in [4.78, 5) is 29.0. The highest BCUT2D eigenvalue weighted by molar-refractivity contribution is 5.94. The molecule has 2 aromatic rings. The Morgan fingerprint density at radius 2 is 1.21 bits per heavy atom. The quantitative estimate of drug-likeness (QED) is 0.791. The standard InChI is InChI=1S/C23H30N4O2/c1-17-7-4-5-10-20(17)24-21(28)15-26-11-13-27(14-12-26)16-22(29)25-23-18(2)8-6-9-19(23)3/h4-10H,11-16H2,1-3H3,(H,24,28)(H,25,29). The van der Waals surface area contributed by atoms with Crippen molar-refractivity contribution in [3.63, 3.8) is 0 Å². The minimum absolute atomic E-state index is 0.000482. The Morgan fingerprint density at radius 3 is 1.76 bits per heavy atom. The smallest absolute Gasteiger partial charge is 0.238 e. The number of carbonyl (C=O) groups excluding carboxylic acids is 2. The predicted molar refractivity (Wildman–Crippen MR) is 117 cm³/mol. The number of anilines is 2. The topological polar surface area (TPSA) is 64.7 Å². The molecule has 0 spiro atoms. The average molecular weight is 395 g/mol. The lowest BCUT2D eigenvalue weighted by Gasteiger charge is -2.33. The van der Waals surface area contributed by atoms with E-state index in [0.29, 0.717) is 13.1 Å². The molecule has 0 bridgehead atoms. The number of aryl methyl sites for hydroxylation is 3. The summed E-state index contributed by atoms with van der Waals surface area (Å²) in [6, 6.07) is 13.8. The third kappa shape index (κ3) is 5.89. The van der Waals surface area contributed by atoms with Gasteiger partial charge in [0.1, 0.15) is 0 Å². The van der Waals surface area contributed by atoms with E-state index in [4.69, 9.17) is 0 Å². The number of para-hydroxylation sites is 2. The Morgan fingerprint density at radius 1 is 0.724 bits per heavy atom. The molecule has 0 radical (unpaired) electrons. The van der Waals surface area contributed by atoms with Gasteiger partial charge in [0.25, 0.3) is 0 Å². The number of amides is 2. The van der Waals surface area contributed by atoms with Crippen molar-refractivity contribution in [1.29, 1.82) is 0 Å². The minimum Gasteiger partial charge on any atom is -0.325 e. The Labute approximate surface area is 172 Å². The van der Waals surface area contributed by atoms with Crippen LogP contribution in [0.25, 0.3) is 0 Å². The van der Waals surface area contributed by atoms with Gasteiger partial charge in [-0.2, -0.15) is 0 Å². The van der Waals surface area contributed by atoms with Crippen LogP contribution in [0, 0.1) is 20.8 Å². The number of hydrogen-bond acceptors (Lipinski definition) is 4. The summed E-state index contributed by atoms with van der Waals surface area (Å²) in [5.41, 5.74) is 4.97. The van der Waals surface area contributed by atoms with Crippen molar-refractivity contribution >= 4 is 23.2 Å². The zero-order chi connectivity index (χ0) is 20.8. The van der Waals surface area contributed by atoms with Gasteiger partial charge in [0, 0.05) is 37.6 Å². The number of hydrogen-bond donors (Lipinski definition) is 2. The lowest BCUT2D eigenvalue weighted by atomic mass is 10.1. The zero-order valence-electron chi connectivity index (χ0n) is 17.5. The SMILES string of the molecule is Cc1ccccc1NC(=O)CN1CCN(CC(=O)Nc2c(C)cccc2C)CC1. The van der Waals surface area contributed by atoms with Crippen LogP contribution in [-0.2, 0) is 9.59 Å². The number of carbonyl (C=O) groups is 2. The van der Waals surface area contributed by atoms with Crippen LogP contribution in [0.2, 0.25) is 0 Å². The fourth-order valence-electron chi connectivity index (χ4n) is 3.61. The molecule has 0 unspecified atom stereocenters. The molecule has 1 aliphatic heterocycles. The van der Waals surface area contributed by atoms with E-state index < -0.39 is 0 Å². The Hall–Kier alpha value is -2.70. The highest BCUT2D eigenvalue weighted by atomic mass is 16.2. The van der Waals surface area contributed by atoms with Crippen LogP contribution in [0.15, 0.2) is 42.5 Å². The third-order valence-electron chi connectivity index (χ3n) is 5.36. The Kier molecular flexibility index (Phi) is 7.01. The molecule has 0 aliphatic carbocycles. The maximum absolute atomic E-state index is 12.4. The first-order valence-electron chi connectivity index (χ1n) is 10.1. The van der Waals surface area contributed by atoms with Gasteiger partial charge < -0.3 is 10.6 Å². The van der Waals surface area contributed by atoms with E-state index in [9.17, 15) is 9.59 Å². The van der Waals surface area contributed by atoms with Crippen molar-refractivity contribution in [2.45, 2.75) is 20.8 Å². The second kappa shape index (κ2) is 9.67. The number of nitrogens with zero attached hydrogens (tertiary/aromatic N) is 2. The number of piperazine rings is 1. The van der Waals surface area contributed by atoms with Crippen molar-refractivity contribution in [3.05, 3.63) is 59.2 Å². The molecule has 2 aromatic carbocycles. The van der Waals surface area contributed by atoms with Gasteiger partial charge in [-0.15, -0.1) is 0 Å². The second-order valence-corrected chi connectivity index (χ2v) is 7.73. The highest BCUT2D eigenvalue weighted by Gasteiger charge is 2.21. The predicted octanol–water partition coefficient (Wildman–Crippen LogP) is 2.81. The summed E-state index contributed by atoms with van der Waals surface area (Å²) in [6.07, 6.45) is 0. The highest BCUT2D eigenvalue weighted by Crippen LogP contribution is 2.19.